The summed E-state index contributed by atoms with van der Waals surface area (Å²) in [5.41, 5.74) is -5.54. The zero-order chi connectivity index (χ0) is 28.6. The summed E-state index contributed by atoms with van der Waals surface area (Å²) >= 11 is 12.0. The molecule has 0 spiro atoms. The third kappa shape index (κ3) is 6.45. The van der Waals surface area contributed by atoms with Crippen LogP contribution in [0.1, 0.15) is 78.9 Å². The minimum absolute atomic E-state index is 0.0972. The van der Waals surface area contributed by atoms with Crippen LogP contribution in [-0.2, 0) is 11.0 Å². The molecule has 1 aliphatic rings. The molecule has 2 aromatic heterocycles. The number of carboxylic acids is 1. The second-order valence-corrected chi connectivity index (χ2v) is 11.0. The third-order valence-corrected chi connectivity index (χ3v) is 7.11. The number of hydrogen-bond acceptors (Lipinski definition) is 5. The van der Waals surface area contributed by atoms with Crippen molar-refractivity contribution in [1.82, 2.24) is 19.7 Å². The molecule has 2 aromatic rings. The predicted molar refractivity (Wildman–Crippen MR) is 130 cm³/mol. The van der Waals surface area contributed by atoms with Crippen molar-refractivity contribution in [2.45, 2.75) is 64.3 Å². The summed E-state index contributed by atoms with van der Waals surface area (Å²) in [6.07, 6.45) is -1.57. The number of rotatable bonds is 8. The SMILES string of the molecule is CC(C)(F)CN(CC(=O)c1c(Cl)cncc1Cl)C(=O)c1cnn([C@H]2CC[C@](C)(C(=O)O)CC2)c1C(F)(F)F. The van der Waals surface area contributed by atoms with Crippen molar-refractivity contribution in [3.8, 4) is 0 Å². The monoisotopic (exact) mass is 580 g/mol. The zero-order valence-corrected chi connectivity index (χ0v) is 22.3. The number of hydrogen-bond donors (Lipinski definition) is 1. The van der Waals surface area contributed by atoms with Gasteiger partial charge in [-0.25, -0.2) is 4.39 Å². The fourth-order valence-corrected chi connectivity index (χ4v) is 5.11. The van der Waals surface area contributed by atoms with Crippen molar-refractivity contribution >= 4 is 40.9 Å². The maximum Gasteiger partial charge on any atom is 0.433 e. The fraction of sp³-hybridized carbons (Fsp3) is 0.542. The second-order valence-electron chi connectivity index (χ2n) is 10.2. The number of alkyl halides is 4. The van der Waals surface area contributed by atoms with E-state index in [0.29, 0.717) is 9.58 Å². The lowest BCUT2D eigenvalue weighted by molar-refractivity contribution is -0.152. The molecule has 1 aliphatic carbocycles. The van der Waals surface area contributed by atoms with E-state index in [1.165, 1.54) is 6.92 Å². The summed E-state index contributed by atoms with van der Waals surface area (Å²) in [6, 6.07) is -0.803. The first-order chi connectivity index (χ1) is 17.4. The van der Waals surface area contributed by atoms with Crippen molar-refractivity contribution in [2.75, 3.05) is 13.1 Å². The first-order valence-corrected chi connectivity index (χ1v) is 12.4. The minimum Gasteiger partial charge on any atom is -0.481 e. The average Bonchev–Trinajstić information content (AvgIpc) is 3.23. The predicted octanol–water partition coefficient (Wildman–Crippen LogP) is 5.88. The summed E-state index contributed by atoms with van der Waals surface area (Å²) in [7, 11) is 0. The van der Waals surface area contributed by atoms with Crippen molar-refractivity contribution in [2.24, 2.45) is 5.41 Å². The number of nitrogens with zero attached hydrogens (tertiary/aromatic N) is 4. The number of aliphatic carboxylic acids is 1. The van der Waals surface area contributed by atoms with Crippen molar-refractivity contribution in [1.29, 1.82) is 0 Å². The highest BCUT2D eigenvalue weighted by molar-refractivity contribution is 6.39. The Labute approximate surface area is 225 Å². The van der Waals surface area contributed by atoms with Gasteiger partial charge in [0.1, 0.15) is 5.67 Å². The lowest BCUT2D eigenvalue weighted by atomic mass is 9.74. The number of pyridine rings is 1. The highest BCUT2D eigenvalue weighted by Gasteiger charge is 2.45. The summed E-state index contributed by atoms with van der Waals surface area (Å²) in [4.78, 5) is 42.3. The molecule has 0 aliphatic heterocycles. The molecule has 8 nitrogen and oxygen atoms in total. The number of Topliss-reactive ketones (excluding diaryl/α,β-unsaturated/α-hetero) is 1. The molecule has 2 heterocycles. The summed E-state index contributed by atoms with van der Waals surface area (Å²) in [5, 5.41) is 13.0. The molecule has 1 saturated carbocycles. The van der Waals surface area contributed by atoms with Crippen LogP contribution in [0.25, 0.3) is 0 Å². The van der Waals surface area contributed by atoms with Gasteiger partial charge < -0.3 is 10.0 Å². The molecule has 0 atom stereocenters. The van der Waals surface area contributed by atoms with E-state index in [1.54, 1.807) is 0 Å². The van der Waals surface area contributed by atoms with Gasteiger partial charge in [-0.1, -0.05) is 23.2 Å². The number of carbonyl (C=O) groups is 3. The Balaban J connectivity index is 1.98. The van der Waals surface area contributed by atoms with Crippen LogP contribution in [0, 0.1) is 5.41 Å². The van der Waals surface area contributed by atoms with Crippen LogP contribution in [0.3, 0.4) is 0 Å². The normalized spacial score (nSPS) is 20.3. The van der Waals surface area contributed by atoms with E-state index in [0.717, 1.165) is 32.4 Å². The van der Waals surface area contributed by atoms with Crippen LogP contribution in [-0.4, -0.2) is 61.2 Å². The quantitative estimate of drug-likeness (QED) is 0.308. The second kappa shape index (κ2) is 10.8. The molecular formula is C24H26Cl2F4N4O4. The molecule has 1 N–H and O–H groups in total. The number of carbonyl (C=O) groups excluding carboxylic acids is 2. The standard InChI is InChI=1S/C24H26Cl2F4N4O4/c1-22(2,27)12-33(11-17(35)18-15(25)9-31-10-16(18)26)20(36)14-8-32-34(19(14)24(28,29)30)13-4-6-23(3,7-5-13)21(37)38/h8-10,13H,4-7,11-12H2,1-3H3,(H,37,38)/t13-,23-. The van der Waals surface area contributed by atoms with Crippen molar-refractivity contribution in [3.63, 3.8) is 0 Å². The Kier molecular flexibility index (Phi) is 8.47. The van der Waals surface area contributed by atoms with E-state index in [-0.39, 0.29) is 41.3 Å². The van der Waals surface area contributed by atoms with E-state index in [1.807, 2.05) is 0 Å². The van der Waals surface area contributed by atoms with E-state index in [2.05, 4.69) is 10.1 Å². The van der Waals surface area contributed by atoms with Crippen LogP contribution < -0.4 is 0 Å². The van der Waals surface area contributed by atoms with Gasteiger partial charge in [0.05, 0.1) is 51.9 Å². The maximum absolute atomic E-state index is 14.6. The van der Waals surface area contributed by atoms with Crippen LogP contribution in [0.4, 0.5) is 17.6 Å². The Morgan fingerprint density at radius 2 is 1.66 bits per heavy atom. The van der Waals surface area contributed by atoms with Gasteiger partial charge in [-0.15, -0.1) is 0 Å². The van der Waals surface area contributed by atoms with Gasteiger partial charge >= 0.3 is 12.1 Å². The van der Waals surface area contributed by atoms with E-state index in [9.17, 15) is 37.1 Å². The van der Waals surface area contributed by atoms with Crippen LogP contribution >= 0.6 is 23.2 Å². The minimum atomic E-state index is -5.02. The fourth-order valence-electron chi connectivity index (χ4n) is 4.53. The first-order valence-electron chi connectivity index (χ1n) is 11.6. The zero-order valence-electron chi connectivity index (χ0n) is 20.8. The lowest BCUT2D eigenvalue weighted by Gasteiger charge is -2.34. The van der Waals surface area contributed by atoms with Gasteiger partial charge in [0.15, 0.2) is 11.5 Å². The molecule has 0 bridgehead atoms. The van der Waals surface area contributed by atoms with Crippen LogP contribution in [0.15, 0.2) is 18.6 Å². The molecule has 0 radical (unpaired) electrons. The van der Waals surface area contributed by atoms with Gasteiger partial charge in [-0.3, -0.25) is 24.0 Å². The number of halogens is 6. The first kappa shape index (κ1) is 29.8. The van der Waals surface area contributed by atoms with Gasteiger partial charge in [0, 0.05) is 12.4 Å². The summed E-state index contributed by atoms with van der Waals surface area (Å²) in [6.45, 7) is 2.24. The molecule has 1 amide bonds. The molecule has 0 unspecified atom stereocenters. The van der Waals surface area contributed by atoms with Gasteiger partial charge in [-0.05, 0) is 46.5 Å². The Bertz CT molecular complexity index is 1210. The molecule has 14 heteroatoms. The van der Waals surface area contributed by atoms with Crippen molar-refractivity contribution in [3.05, 3.63) is 45.5 Å². The van der Waals surface area contributed by atoms with Gasteiger partial charge in [0.25, 0.3) is 5.91 Å². The summed E-state index contributed by atoms with van der Waals surface area (Å²) in [5.74, 6) is -3.11. The largest absolute Gasteiger partial charge is 0.481 e. The topological polar surface area (TPSA) is 105 Å². The molecule has 3 rings (SSSR count). The molecular weight excluding hydrogens is 555 g/mol. The molecule has 0 saturated heterocycles. The molecule has 38 heavy (non-hydrogen) atoms. The highest BCUT2D eigenvalue weighted by Crippen LogP contribution is 2.43. The Morgan fingerprint density at radius 1 is 1.11 bits per heavy atom. The summed E-state index contributed by atoms with van der Waals surface area (Å²) < 4.78 is 58.1. The number of amides is 1. The lowest BCUT2D eigenvalue weighted by Crippen LogP contribution is -2.43. The maximum atomic E-state index is 14.6. The molecule has 0 aromatic carbocycles. The average molecular weight is 581 g/mol. The van der Waals surface area contributed by atoms with E-state index < -0.39 is 65.3 Å². The Morgan fingerprint density at radius 3 is 2.13 bits per heavy atom. The smallest absolute Gasteiger partial charge is 0.433 e. The Hall–Kier alpha value is -2.73. The van der Waals surface area contributed by atoms with E-state index in [4.69, 9.17) is 23.2 Å². The van der Waals surface area contributed by atoms with E-state index >= 15 is 0 Å². The van der Waals surface area contributed by atoms with Gasteiger partial charge in [-0.2, -0.15) is 18.3 Å². The molecule has 1 fully saturated rings. The number of carboxylic acid groups (broad SMARTS) is 1. The number of ketones is 1. The third-order valence-electron chi connectivity index (χ3n) is 6.54. The highest BCUT2D eigenvalue weighted by atomic mass is 35.5. The van der Waals surface area contributed by atoms with Crippen LogP contribution in [0.5, 0.6) is 0 Å². The van der Waals surface area contributed by atoms with Crippen molar-refractivity contribution < 1.29 is 37.1 Å². The molecule has 208 valence electrons. The van der Waals surface area contributed by atoms with Gasteiger partial charge in [0.2, 0.25) is 0 Å². The van der Waals surface area contributed by atoms with Crippen LogP contribution in [0.2, 0.25) is 10.0 Å². The number of aromatic nitrogens is 3.